The van der Waals surface area contributed by atoms with Crippen molar-refractivity contribution < 1.29 is 14.6 Å². The summed E-state index contributed by atoms with van der Waals surface area (Å²) >= 11 is 3.53. The summed E-state index contributed by atoms with van der Waals surface area (Å²) in [6.07, 6.45) is 5.53. The van der Waals surface area contributed by atoms with Crippen LogP contribution in [-0.2, 0) is 0 Å². The number of nitrogens with one attached hydrogen (secondary N) is 1. The van der Waals surface area contributed by atoms with Crippen molar-refractivity contribution in [1.29, 1.82) is 0 Å². The molecule has 150 valence electrons. The Morgan fingerprint density at radius 3 is 2.70 bits per heavy atom. The molecule has 5 rings (SSSR count). The molecule has 8 heteroatoms. The van der Waals surface area contributed by atoms with Gasteiger partial charge in [-0.05, 0) is 53.0 Å². The molecule has 1 saturated carbocycles. The van der Waals surface area contributed by atoms with Gasteiger partial charge in [0, 0.05) is 22.8 Å². The molecule has 0 atom stereocenters. The summed E-state index contributed by atoms with van der Waals surface area (Å²) in [5.74, 6) is 0.638. The zero-order chi connectivity index (χ0) is 20.7. The highest BCUT2D eigenvalue weighted by Gasteiger charge is 2.28. The van der Waals surface area contributed by atoms with E-state index < -0.39 is 5.91 Å². The Kier molecular flexibility index (Phi) is 4.63. The molecule has 4 aromatic rings. The average molecular weight is 465 g/mol. The summed E-state index contributed by atoms with van der Waals surface area (Å²) in [4.78, 5) is 21.6. The molecule has 1 amide bonds. The Hall–Kier alpha value is -3.39. The van der Waals surface area contributed by atoms with E-state index >= 15 is 0 Å². The first-order valence-electron chi connectivity index (χ1n) is 9.48. The first-order chi connectivity index (χ1) is 14.6. The van der Waals surface area contributed by atoms with Crippen LogP contribution in [0.25, 0.3) is 11.0 Å². The van der Waals surface area contributed by atoms with E-state index in [2.05, 4.69) is 35.8 Å². The van der Waals surface area contributed by atoms with Crippen LogP contribution in [0.2, 0.25) is 0 Å². The van der Waals surface area contributed by atoms with Crippen LogP contribution >= 0.6 is 15.9 Å². The van der Waals surface area contributed by atoms with Crippen LogP contribution in [0.3, 0.4) is 0 Å². The Bertz CT molecular complexity index is 1250. The maximum Gasteiger partial charge on any atom is 0.275 e. The third kappa shape index (κ3) is 3.50. The van der Waals surface area contributed by atoms with Crippen molar-refractivity contribution in [2.45, 2.75) is 18.9 Å². The van der Waals surface area contributed by atoms with Crippen molar-refractivity contribution in [3.8, 4) is 17.2 Å². The van der Waals surface area contributed by atoms with Crippen molar-refractivity contribution >= 4 is 38.6 Å². The van der Waals surface area contributed by atoms with E-state index in [9.17, 15) is 9.90 Å². The zero-order valence-corrected chi connectivity index (χ0v) is 17.3. The van der Waals surface area contributed by atoms with Gasteiger partial charge in [0.2, 0.25) is 0 Å². The number of fused-ring (bicyclic) bond motifs is 1. The second-order valence-corrected chi connectivity index (χ2v) is 7.94. The Labute approximate surface area is 180 Å². The SMILES string of the molecule is O=C(Nc1cc(Oc2ccccc2)ccc1O)c1ncnc2c1c(Br)cn2C1CC1. The fourth-order valence-corrected chi connectivity index (χ4v) is 3.91. The first kappa shape index (κ1) is 18.6. The number of ether oxygens (including phenoxy) is 1. The quantitative estimate of drug-likeness (QED) is 0.392. The highest BCUT2D eigenvalue weighted by Crippen LogP contribution is 2.40. The summed E-state index contributed by atoms with van der Waals surface area (Å²) in [7, 11) is 0. The van der Waals surface area contributed by atoms with E-state index in [0.29, 0.717) is 22.9 Å². The van der Waals surface area contributed by atoms with Gasteiger partial charge in [0.1, 0.15) is 34.9 Å². The Morgan fingerprint density at radius 2 is 1.93 bits per heavy atom. The Morgan fingerprint density at radius 1 is 1.13 bits per heavy atom. The molecular formula is C22H17BrN4O3. The topological polar surface area (TPSA) is 89.3 Å². The second-order valence-electron chi connectivity index (χ2n) is 7.08. The summed E-state index contributed by atoms with van der Waals surface area (Å²) in [6.45, 7) is 0. The third-order valence-corrected chi connectivity index (χ3v) is 5.51. The normalized spacial score (nSPS) is 13.4. The Balaban J connectivity index is 1.45. The lowest BCUT2D eigenvalue weighted by Crippen LogP contribution is -2.15. The van der Waals surface area contributed by atoms with Crippen molar-refractivity contribution in [2.24, 2.45) is 0 Å². The van der Waals surface area contributed by atoms with Gasteiger partial charge in [0.05, 0.1) is 11.1 Å². The molecule has 1 aliphatic carbocycles. The smallest absolute Gasteiger partial charge is 0.275 e. The number of hydrogen-bond donors (Lipinski definition) is 2. The maximum absolute atomic E-state index is 13.0. The molecule has 0 unspecified atom stereocenters. The number of phenolic OH excluding ortho intramolecular Hbond substituents is 1. The molecule has 30 heavy (non-hydrogen) atoms. The van der Waals surface area contributed by atoms with Crippen LogP contribution < -0.4 is 10.1 Å². The standard InChI is InChI=1S/C22H17BrN4O3/c23-16-11-27(13-6-7-13)21-19(16)20(24-12-25-21)22(29)26-17-10-15(8-9-18(17)28)30-14-4-2-1-3-5-14/h1-5,8-13,28H,6-7H2,(H,26,29). The van der Waals surface area contributed by atoms with Gasteiger partial charge in [-0.25, -0.2) is 9.97 Å². The number of hydrogen-bond acceptors (Lipinski definition) is 5. The lowest BCUT2D eigenvalue weighted by Gasteiger charge is -2.11. The molecule has 2 N–H and O–H groups in total. The maximum atomic E-state index is 13.0. The van der Waals surface area contributed by atoms with E-state index in [-0.39, 0.29) is 17.1 Å². The number of para-hydroxylation sites is 1. The summed E-state index contributed by atoms with van der Waals surface area (Å²) in [6, 6.07) is 14.4. The number of rotatable bonds is 5. The molecule has 1 aliphatic rings. The number of halogens is 1. The van der Waals surface area contributed by atoms with Gasteiger partial charge in [0.25, 0.3) is 5.91 Å². The van der Waals surface area contributed by atoms with Gasteiger partial charge in [-0.2, -0.15) is 0 Å². The third-order valence-electron chi connectivity index (χ3n) is 4.91. The number of nitrogens with zero attached hydrogens (tertiary/aromatic N) is 3. The van der Waals surface area contributed by atoms with Gasteiger partial charge in [-0.1, -0.05) is 18.2 Å². The summed E-state index contributed by atoms with van der Waals surface area (Å²) < 4.78 is 8.63. The predicted molar refractivity (Wildman–Crippen MR) is 116 cm³/mol. The largest absolute Gasteiger partial charge is 0.506 e. The zero-order valence-electron chi connectivity index (χ0n) is 15.7. The van der Waals surface area contributed by atoms with Crippen molar-refractivity contribution in [1.82, 2.24) is 14.5 Å². The highest BCUT2D eigenvalue weighted by atomic mass is 79.9. The molecule has 0 aliphatic heterocycles. The van der Waals surface area contributed by atoms with Gasteiger partial charge >= 0.3 is 0 Å². The molecule has 0 spiro atoms. The summed E-state index contributed by atoms with van der Waals surface area (Å²) in [5.41, 5.74) is 1.19. The van der Waals surface area contributed by atoms with Crippen LogP contribution in [0.1, 0.15) is 29.4 Å². The van der Waals surface area contributed by atoms with E-state index in [0.717, 1.165) is 23.0 Å². The van der Waals surface area contributed by atoms with E-state index in [1.54, 1.807) is 12.1 Å². The lowest BCUT2D eigenvalue weighted by molar-refractivity contribution is 0.102. The minimum atomic E-state index is -0.441. The van der Waals surface area contributed by atoms with Crippen molar-refractivity contribution in [2.75, 3.05) is 5.32 Å². The summed E-state index contributed by atoms with van der Waals surface area (Å²) in [5, 5.41) is 13.6. The molecule has 0 bridgehead atoms. The lowest BCUT2D eigenvalue weighted by atomic mass is 10.2. The van der Waals surface area contributed by atoms with Crippen LogP contribution in [-0.4, -0.2) is 25.5 Å². The van der Waals surface area contributed by atoms with E-state index in [4.69, 9.17) is 4.74 Å². The van der Waals surface area contributed by atoms with Gasteiger partial charge in [0.15, 0.2) is 0 Å². The number of carbonyl (C=O) groups excluding carboxylic acids is 1. The minimum Gasteiger partial charge on any atom is -0.506 e. The number of amides is 1. The molecule has 2 aromatic heterocycles. The fourth-order valence-electron chi connectivity index (χ4n) is 3.33. The monoisotopic (exact) mass is 464 g/mol. The van der Waals surface area contributed by atoms with Crippen LogP contribution in [0, 0.1) is 0 Å². The number of aromatic nitrogens is 3. The predicted octanol–water partition coefficient (Wildman–Crippen LogP) is 5.28. The number of aromatic hydroxyl groups is 1. The fraction of sp³-hybridized carbons (Fsp3) is 0.136. The first-order valence-corrected chi connectivity index (χ1v) is 10.3. The van der Waals surface area contributed by atoms with Gasteiger partial charge in [-0.15, -0.1) is 0 Å². The van der Waals surface area contributed by atoms with Gasteiger partial charge in [-0.3, -0.25) is 4.79 Å². The molecule has 2 heterocycles. The molecule has 2 aromatic carbocycles. The van der Waals surface area contributed by atoms with Crippen LogP contribution in [0.4, 0.5) is 5.69 Å². The van der Waals surface area contributed by atoms with Gasteiger partial charge < -0.3 is 19.7 Å². The molecule has 7 nitrogen and oxygen atoms in total. The molecule has 0 saturated heterocycles. The van der Waals surface area contributed by atoms with Crippen molar-refractivity contribution in [3.05, 3.63) is 71.2 Å². The number of anilines is 1. The molecule has 0 radical (unpaired) electrons. The number of benzene rings is 2. The van der Waals surface area contributed by atoms with E-state index in [1.807, 2.05) is 36.5 Å². The number of carbonyl (C=O) groups is 1. The number of phenols is 1. The van der Waals surface area contributed by atoms with Crippen LogP contribution in [0.15, 0.2) is 65.5 Å². The minimum absolute atomic E-state index is 0.0660. The average Bonchev–Trinajstić information content (AvgIpc) is 3.54. The van der Waals surface area contributed by atoms with Crippen molar-refractivity contribution in [3.63, 3.8) is 0 Å². The van der Waals surface area contributed by atoms with E-state index in [1.165, 1.54) is 12.4 Å². The second kappa shape index (κ2) is 7.46. The molecular weight excluding hydrogens is 448 g/mol. The molecule has 1 fully saturated rings. The van der Waals surface area contributed by atoms with Crippen LogP contribution in [0.5, 0.6) is 17.2 Å². The highest BCUT2D eigenvalue weighted by molar-refractivity contribution is 9.10.